The normalized spacial score (nSPS) is 13.7. The van der Waals surface area contributed by atoms with E-state index in [-0.39, 0.29) is 11.7 Å². The van der Waals surface area contributed by atoms with Crippen LogP contribution in [0.3, 0.4) is 0 Å². The summed E-state index contributed by atoms with van der Waals surface area (Å²) in [7, 11) is 0. The molecule has 102 valence electrons. The molecule has 1 heterocycles. The second kappa shape index (κ2) is 5.84. The Morgan fingerprint density at radius 1 is 1.42 bits per heavy atom. The molecule has 2 N–H and O–H groups in total. The number of carbonyl (C=O) groups is 2. The molecule has 0 saturated carbocycles. The number of nitrogens with zero attached hydrogens (tertiary/aromatic N) is 1. The molecule has 5 heteroatoms. The molecule has 0 aliphatic carbocycles. The molecule has 1 amide bonds. The zero-order valence-corrected chi connectivity index (χ0v) is 11.0. The predicted molar refractivity (Wildman–Crippen MR) is 72.6 cm³/mol. The van der Waals surface area contributed by atoms with Crippen LogP contribution in [0, 0.1) is 0 Å². The van der Waals surface area contributed by atoms with Crippen LogP contribution in [0.1, 0.15) is 30.1 Å². The van der Waals surface area contributed by atoms with E-state index in [9.17, 15) is 9.59 Å². The van der Waals surface area contributed by atoms with Gasteiger partial charge in [0.05, 0.1) is 12.2 Å². The molecular weight excluding hydrogens is 244 g/mol. The van der Waals surface area contributed by atoms with Crippen molar-refractivity contribution in [3.63, 3.8) is 0 Å². The molecule has 0 saturated heterocycles. The molecule has 0 atom stereocenters. The van der Waals surface area contributed by atoms with Crippen molar-refractivity contribution < 1.29 is 14.3 Å². The fourth-order valence-corrected chi connectivity index (χ4v) is 2.13. The minimum Gasteiger partial charge on any atom is -0.490 e. The van der Waals surface area contributed by atoms with Crippen LogP contribution in [-0.2, 0) is 4.79 Å². The first-order chi connectivity index (χ1) is 9.13. The second-order valence-electron chi connectivity index (χ2n) is 4.52. The summed E-state index contributed by atoms with van der Waals surface area (Å²) in [5.41, 5.74) is 6.68. The Morgan fingerprint density at radius 3 is 2.89 bits per heavy atom. The summed E-state index contributed by atoms with van der Waals surface area (Å²) in [6.45, 7) is 3.01. The van der Waals surface area contributed by atoms with Gasteiger partial charge in [0.15, 0.2) is 5.78 Å². The summed E-state index contributed by atoms with van der Waals surface area (Å²) in [4.78, 5) is 25.2. The molecule has 19 heavy (non-hydrogen) atoms. The van der Waals surface area contributed by atoms with Gasteiger partial charge in [0.1, 0.15) is 12.4 Å². The Hall–Kier alpha value is -1.88. The van der Waals surface area contributed by atoms with Gasteiger partial charge in [0.25, 0.3) is 0 Å². The van der Waals surface area contributed by atoms with Gasteiger partial charge in [-0.3, -0.25) is 9.59 Å². The SMILES string of the molecule is CC(=O)N1CCOc2ccc(C(=O)CCCN)cc21. The molecule has 0 radical (unpaired) electrons. The summed E-state index contributed by atoms with van der Waals surface area (Å²) in [5, 5.41) is 0. The van der Waals surface area contributed by atoms with Crippen LogP contribution >= 0.6 is 0 Å². The second-order valence-corrected chi connectivity index (χ2v) is 4.52. The lowest BCUT2D eigenvalue weighted by molar-refractivity contribution is -0.116. The number of ether oxygens (including phenoxy) is 1. The Labute approximate surface area is 112 Å². The number of nitrogens with two attached hydrogens (primary N) is 1. The molecular formula is C14H18N2O3. The summed E-state index contributed by atoms with van der Waals surface area (Å²) in [5.74, 6) is 0.648. The fourth-order valence-electron chi connectivity index (χ4n) is 2.13. The summed E-state index contributed by atoms with van der Waals surface area (Å²) >= 11 is 0. The van der Waals surface area contributed by atoms with Gasteiger partial charge in [-0.2, -0.15) is 0 Å². The fraction of sp³-hybridized carbons (Fsp3) is 0.429. The highest BCUT2D eigenvalue weighted by Gasteiger charge is 2.22. The van der Waals surface area contributed by atoms with E-state index in [4.69, 9.17) is 10.5 Å². The molecule has 5 nitrogen and oxygen atoms in total. The van der Waals surface area contributed by atoms with Crippen LogP contribution in [0.4, 0.5) is 5.69 Å². The van der Waals surface area contributed by atoms with Gasteiger partial charge in [0.2, 0.25) is 5.91 Å². The number of fused-ring (bicyclic) bond motifs is 1. The van der Waals surface area contributed by atoms with E-state index in [2.05, 4.69) is 0 Å². The third-order valence-corrected chi connectivity index (χ3v) is 3.13. The van der Waals surface area contributed by atoms with Crippen molar-refractivity contribution in [2.75, 3.05) is 24.6 Å². The predicted octanol–water partition coefficient (Wildman–Crippen LogP) is 1.35. The zero-order chi connectivity index (χ0) is 13.8. The lowest BCUT2D eigenvalue weighted by atomic mass is 10.0. The topological polar surface area (TPSA) is 72.6 Å². The lowest BCUT2D eigenvalue weighted by Gasteiger charge is -2.29. The maximum absolute atomic E-state index is 12.0. The minimum atomic E-state index is -0.0453. The van der Waals surface area contributed by atoms with Crippen molar-refractivity contribution in [1.29, 1.82) is 0 Å². The van der Waals surface area contributed by atoms with Gasteiger partial charge in [-0.05, 0) is 31.2 Å². The highest BCUT2D eigenvalue weighted by molar-refractivity contribution is 6.00. The average molecular weight is 262 g/mol. The first-order valence-electron chi connectivity index (χ1n) is 6.41. The lowest BCUT2D eigenvalue weighted by Crippen LogP contribution is -2.36. The zero-order valence-electron chi connectivity index (χ0n) is 11.0. The van der Waals surface area contributed by atoms with Crippen molar-refractivity contribution in [3.05, 3.63) is 23.8 Å². The van der Waals surface area contributed by atoms with Crippen molar-refractivity contribution in [1.82, 2.24) is 0 Å². The maximum Gasteiger partial charge on any atom is 0.224 e. The molecule has 0 bridgehead atoms. The van der Waals surface area contributed by atoms with Crippen molar-refractivity contribution in [2.24, 2.45) is 5.73 Å². The molecule has 2 rings (SSSR count). The van der Waals surface area contributed by atoms with Gasteiger partial charge >= 0.3 is 0 Å². The Bertz CT molecular complexity index is 499. The smallest absolute Gasteiger partial charge is 0.224 e. The average Bonchev–Trinajstić information content (AvgIpc) is 2.43. The molecule has 0 unspecified atom stereocenters. The number of anilines is 1. The highest BCUT2D eigenvalue weighted by atomic mass is 16.5. The molecule has 1 aliphatic heterocycles. The van der Waals surface area contributed by atoms with E-state index in [1.165, 1.54) is 6.92 Å². The van der Waals surface area contributed by atoms with E-state index >= 15 is 0 Å². The quantitative estimate of drug-likeness (QED) is 0.831. The number of ketones is 1. The van der Waals surface area contributed by atoms with Crippen LogP contribution in [0.5, 0.6) is 5.75 Å². The highest BCUT2D eigenvalue weighted by Crippen LogP contribution is 2.32. The van der Waals surface area contributed by atoms with Gasteiger partial charge in [0, 0.05) is 18.9 Å². The summed E-state index contributed by atoms with van der Waals surface area (Å²) in [6, 6.07) is 5.22. The number of hydrogen-bond acceptors (Lipinski definition) is 4. The standard InChI is InChI=1S/C14H18N2O3/c1-10(17)16-7-8-19-14-5-4-11(9-12(14)16)13(18)3-2-6-15/h4-5,9H,2-3,6-8,15H2,1H3. The van der Waals surface area contributed by atoms with Gasteiger partial charge in [-0.15, -0.1) is 0 Å². The van der Waals surface area contributed by atoms with E-state index < -0.39 is 0 Å². The van der Waals surface area contributed by atoms with Crippen LogP contribution in [-0.4, -0.2) is 31.4 Å². The number of benzene rings is 1. The number of carbonyl (C=O) groups excluding carboxylic acids is 2. The van der Waals surface area contributed by atoms with Crippen LogP contribution < -0.4 is 15.4 Å². The number of rotatable bonds is 4. The van der Waals surface area contributed by atoms with E-state index in [1.54, 1.807) is 23.1 Å². The van der Waals surface area contributed by atoms with E-state index in [1.807, 2.05) is 0 Å². The maximum atomic E-state index is 12.0. The van der Waals surface area contributed by atoms with Crippen molar-refractivity contribution >= 4 is 17.4 Å². The van der Waals surface area contributed by atoms with E-state index in [0.29, 0.717) is 49.5 Å². The first kappa shape index (κ1) is 13.5. The third kappa shape index (κ3) is 2.93. The molecule has 0 aromatic heterocycles. The Morgan fingerprint density at radius 2 is 2.21 bits per heavy atom. The monoisotopic (exact) mass is 262 g/mol. The molecule has 0 spiro atoms. The summed E-state index contributed by atoms with van der Waals surface area (Å²) in [6.07, 6.45) is 1.10. The largest absolute Gasteiger partial charge is 0.490 e. The van der Waals surface area contributed by atoms with Crippen molar-refractivity contribution in [2.45, 2.75) is 19.8 Å². The Kier molecular flexibility index (Phi) is 4.16. The van der Waals surface area contributed by atoms with Gasteiger partial charge in [-0.25, -0.2) is 0 Å². The van der Waals surface area contributed by atoms with Crippen LogP contribution in [0.2, 0.25) is 0 Å². The number of hydrogen-bond donors (Lipinski definition) is 1. The molecule has 1 aromatic rings. The van der Waals surface area contributed by atoms with Crippen molar-refractivity contribution in [3.8, 4) is 5.75 Å². The minimum absolute atomic E-state index is 0.0438. The summed E-state index contributed by atoms with van der Waals surface area (Å²) < 4.78 is 5.49. The first-order valence-corrected chi connectivity index (χ1v) is 6.41. The molecule has 0 fully saturated rings. The van der Waals surface area contributed by atoms with Gasteiger partial charge < -0.3 is 15.4 Å². The van der Waals surface area contributed by atoms with Gasteiger partial charge in [-0.1, -0.05) is 0 Å². The molecule has 1 aromatic carbocycles. The number of amides is 1. The molecule has 1 aliphatic rings. The van der Waals surface area contributed by atoms with E-state index in [0.717, 1.165) is 0 Å². The third-order valence-electron chi connectivity index (χ3n) is 3.13. The Balaban J connectivity index is 2.28. The van der Waals surface area contributed by atoms with Crippen LogP contribution in [0.15, 0.2) is 18.2 Å². The van der Waals surface area contributed by atoms with Crippen LogP contribution in [0.25, 0.3) is 0 Å². The number of Topliss-reactive ketones (excluding diaryl/α,β-unsaturated/α-hetero) is 1.